The van der Waals surface area contributed by atoms with Crippen molar-refractivity contribution in [1.29, 1.82) is 0 Å². The van der Waals surface area contributed by atoms with Gasteiger partial charge in [-0.15, -0.1) is 0 Å². The zero-order chi connectivity index (χ0) is 18.7. The first kappa shape index (κ1) is 18.5. The molecule has 140 valence electrons. The second kappa shape index (κ2) is 7.97. The summed E-state index contributed by atoms with van der Waals surface area (Å²) in [7, 11) is 6.00. The van der Waals surface area contributed by atoms with Crippen LogP contribution in [0, 0.1) is 12.8 Å². The minimum Gasteiger partial charge on any atom is -0.346 e. The third-order valence-electron chi connectivity index (χ3n) is 4.89. The largest absolute Gasteiger partial charge is 0.346 e. The van der Waals surface area contributed by atoms with Crippen LogP contribution in [-0.2, 0) is 13.6 Å². The van der Waals surface area contributed by atoms with Crippen LogP contribution in [0.1, 0.15) is 21.9 Å². The summed E-state index contributed by atoms with van der Waals surface area (Å²) in [4.78, 5) is 21.6. The summed E-state index contributed by atoms with van der Waals surface area (Å²) in [6.45, 7) is 5.46. The predicted octanol–water partition coefficient (Wildman–Crippen LogP) is 0.916. The first-order valence-corrected chi connectivity index (χ1v) is 9.01. The lowest BCUT2D eigenvalue weighted by molar-refractivity contribution is 0.0921. The van der Waals surface area contributed by atoms with Gasteiger partial charge in [0.25, 0.3) is 5.91 Å². The standard InChI is InChI=1S/C19H28N6O/c1-14-9-17(22-24(14)4)19(26)21-18-13-25(11-15(18)10-23(2)3)12-16-7-5-6-8-20-16/h5-9,15,18H,10-13H2,1-4H3,(H,21,26)/t15-,18-/m1/s1. The molecule has 0 aliphatic carbocycles. The van der Waals surface area contributed by atoms with E-state index >= 15 is 0 Å². The highest BCUT2D eigenvalue weighted by molar-refractivity contribution is 5.92. The average molecular weight is 356 g/mol. The van der Waals surface area contributed by atoms with Gasteiger partial charge >= 0.3 is 0 Å². The van der Waals surface area contributed by atoms with E-state index < -0.39 is 0 Å². The highest BCUT2D eigenvalue weighted by atomic mass is 16.2. The highest BCUT2D eigenvalue weighted by Crippen LogP contribution is 2.20. The van der Waals surface area contributed by atoms with E-state index in [2.05, 4.69) is 39.3 Å². The molecule has 1 amide bonds. The number of nitrogens with one attached hydrogen (secondary N) is 1. The van der Waals surface area contributed by atoms with E-state index in [9.17, 15) is 4.79 Å². The van der Waals surface area contributed by atoms with Crippen LogP contribution in [0.2, 0.25) is 0 Å². The normalized spacial score (nSPS) is 20.7. The molecule has 7 heteroatoms. The summed E-state index contributed by atoms with van der Waals surface area (Å²) < 4.78 is 1.73. The Balaban J connectivity index is 1.67. The Hall–Kier alpha value is -2.25. The van der Waals surface area contributed by atoms with Crippen molar-refractivity contribution < 1.29 is 4.79 Å². The lowest BCUT2D eigenvalue weighted by Gasteiger charge is -2.22. The van der Waals surface area contributed by atoms with E-state index in [1.165, 1.54) is 0 Å². The molecule has 1 saturated heterocycles. The maximum absolute atomic E-state index is 12.6. The molecule has 3 rings (SSSR count). The number of nitrogens with zero attached hydrogens (tertiary/aromatic N) is 5. The van der Waals surface area contributed by atoms with E-state index in [0.29, 0.717) is 11.6 Å². The van der Waals surface area contributed by atoms with Crippen molar-refractivity contribution in [3.05, 3.63) is 47.5 Å². The number of amides is 1. The molecule has 7 nitrogen and oxygen atoms in total. The van der Waals surface area contributed by atoms with Crippen LogP contribution in [0.25, 0.3) is 0 Å². The molecule has 3 heterocycles. The minimum absolute atomic E-state index is 0.0952. The molecule has 0 aromatic carbocycles. The number of hydrogen-bond acceptors (Lipinski definition) is 5. The summed E-state index contributed by atoms with van der Waals surface area (Å²) in [5, 5.41) is 7.50. The number of carbonyl (C=O) groups is 1. The van der Waals surface area contributed by atoms with E-state index in [1.807, 2.05) is 44.4 Å². The third-order valence-corrected chi connectivity index (χ3v) is 4.89. The summed E-state index contributed by atoms with van der Waals surface area (Å²) in [5.41, 5.74) is 2.52. The molecule has 2 aromatic rings. The molecule has 26 heavy (non-hydrogen) atoms. The van der Waals surface area contributed by atoms with E-state index in [-0.39, 0.29) is 11.9 Å². The Labute approximate surface area is 155 Å². The van der Waals surface area contributed by atoms with Crippen molar-refractivity contribution in [2.45, 2.75) is 19.5 Å². The van der Waals surface area contributed by atoms with E-state index in [1.54, 1.807) is 4.68 Å². The van der Waals surface area contributed by atoms with Crippen LogP contribution in [0.3, 0.4) is 0 Å². The Bertz CT molecular complexity index is 722. The van der Waals surface area contributed by atoms with Gasteiger partial charge in [-0.05, 0) is 39.2 Å². The van der Waals surface area contributed by atoms with Gasteiger partial charge in [0, 0.05) is 57.1 Å². The molecule has 2 atom stereocenters. The maximum atomic E-state index is 12.6. The van der Waals surface area contributed by atoms with Gasteiger partial charge < -0.3 is 10.2 Å². The number of pyridine rings is 1. The van der Waals surface area contributed by atoms with Gasteiger partial charge in [0.2, 0.25) is 0 Å². The Morgan fingerprint density at radius 2 is 2.15 bits per heavy atom. The molecule has 0 unspecified atom stereocenters. The number of hydrogen-bond donors (Lipinski definition) is 1. The van der Waals surface area contributed by atoms with Crippen molar-refractivity contribution in [1.82, 2.24) is 29.9 Å². The Morgan fingerprint density at radius 3 is 2.77 bits per heavy atom. The third kappa shape index (κ3) is 4.47. The Kier molecular flexibility index (Phi) is 5.68. The lowest BCUT2D eigenvalue weighted by Crippen LogP contribution is -2.43. The summed E-state index contributed by atoms with van der Waals surface area (Å²) in [5.74, 6) is 0.282. The second-order valence-corrected chi connectivity index (χ2v) is 7.41. The van der Waals surface area contributed by atoms with Gasteiger partial charge in [-0.25, -0.2) is 0 Å². The topological polar surface area (TPSA) is 66.3 Å². The molecule has 0 bridgehead atoms. The number of aromatic nitrogens is 3. The first-order valence-electron chi connectivity index (χ1n) is 9.01. The fourth-order valence-corrected chi connectivity index (χ4v) is 3.54. The van der Waals surface area contributed by atoms with Crippen molar-refractivity contribution >= 4 is 5.91 Å². The van der Waals surface area contributed by atoms with Gasteiger partial charge in [-0.2, -0.15) is 5.10 Å². The molecule has 1 aliphatic heterocycles. The van der Waals surface area contributed by atoms with Gasteiger partial charge in [-0.3, -0.25) is 19.4 Å². The number of likely N-dealkylation sites (tertiary alicyclic amines) is 1. The minimum atomic E-state index is -0.0952. The highest BCUT2D eigenvalue weighted by Gasteiger charge is 2.34. The SMILES string of the molecule is Cc1cc(C(=O)N[C@@H]2CN(Cc3ccccn3)C[C@H]2CN(C)C)nn1C. The average Bonchev–Trinajstić information content (AvgIpc) is 3.11. The molecule has 1 fully saturated rings. The fourth-order valence-electron chi connectivity index (χ4n) is 3.54. The predicted molar refractivity (Wildman–Crippen MR) is 101 cm³/mol. The van der Waals surface area contributed by atoms with Crippen molar-refractivity contribution in [2.75, 3.05) is 33.7 Å². The van der Waals surface area contributed by atoms with Crippen LogP contribution >= 0.6 is 0 Å². The quantitative estimate of drug-likeness (QED) is 0.834. The molecule has 0 radical (unpaired) electrons. The van der Waals surface area contributed by atoms with E-state index in [0.717, 1.165) is 37.6 Å². The second-order valence-electron chi connectivity index (χ2n) is 7.41. The van der Waals surface area contributed by atoms with Gasteiger partial charge in [0.15, 0.2) is 0 Å². The van der Waals surface area contributed by atoms with Gasteiger partial charge in [0.1, 0.15) is 5.69 Å². The molecule has 0 spiro atoms. The van der Waals surface area contributed by atoms with Crippen LogP contribution in [0.5, 0.6) is 0 Å². The van der Waals surface area contributed by atoms with Crippen LogP contribution in [0.15, 0.2) is 30.5 Å². The van der Waals surface area contributed by atoms with Gasteiger partial charge in [0.05, 0.1) is 5.69 Å². The van der Waals surface area contributed by atoms with Crippen molar-refractivity contribution in [3.63, 3.8) is 0 Å². The first-order chi connectivity index (χ1) is 12.4. The smallest absolute Gasteiger partial charge is 0.272 e. The summed E-state index contributed by atoms with van der Waals surface area (Å²) in [6, 6.07) is 7.93. The Morgan fingerprint density at radius 1 is 1.35 bits per heavy atom. The zero-order valence-electron chi connectivity index (χ0n) is 16.0. The van der Waals surface area contributed by atoms with Crippen LogP contribution in [-0.4, -0.2) is 70.2 Å². The summed E-state index contributed by atoms with van der Waals surface area (Å²) >= 11 is 0. The van der Waals surface area contributed by atoms with Crippen molar-refractivity contribution in [2.24, 2.45) is 13.0 Å². The summed E-state index contributed by atoms with van der Waals surface area (Å²) in [6.07, 6.45) is 1.82. The zero-order valence-corrected chi connectivity index (χ0v) is 16.0. The van der Waals surface area contributed by atoms with Gasteiger partial charge in [-0.1, -0.05) is 6.07 Å². The van der Waals surface area contributed by atoms with Crippen LogP contribution in [0.4, 0.5) is 0 Å². The number of carbonyl (C=O) groups excluding carboxylic acids is 1. The number of rotatable bonds is 6. The maximum Gasteiger partial charge on any atom is 0.272 e. The van der Waals surface area contributed by atoms with E-state index in [4.69, 9.17) is 0 Å². The molecule has 1 aliphatic rings. The molecule has 0 saturated carbocycles. The fraction of sp³-hybridized carbons (Fsp3) is 0.526. The lowest BCUT2D eigenvalue weighted by atomic mass is 10.0. The molecular formula is C19H28N6O. The number of aryl methyl sites for hydroxylation is 2. The monoisotopic (exact) mass is 356 g/mol. The molecule has 1 N–H and O–H groups in total. The van der Waals surface area contributed by atoms with Crippen molar-refractivity contribution in [3.8, 4) is 0 Å². The molecule has 2 aromatic heterocycles. The molecular weight excluding hydrogens is 328 g/mol. The van der Waals surface area contributed by atoms with Crippen LogP contribution < -0.4 is 5.32 Å².